The van der Waals surface area contributed by atoms with E-state index in [1.54, 1.807) is 30.3 Å². The lowest BCUT2D eigenvalue weighted by molar-refractivity contribution is -0.127. The summed E-state index contributed by atoms with van der Waals surface area (Å²) >= 11 is 6.71. The number of hydrogen-bond donors (Lipinski definition) is 1. The van der Waals surface area contributed by atoms with Crippen molar-refractivity contribution in [3.63, 3.8) is 0 Å². The molecule has 0 aliphatic carbocycles. The van der Waals surface area contributed by atoms with Crippen LogP contribution in [0.1, 0.15) is 35.7 Å². The molecule has 37 heavy (non-hydrogen) atoms. The van der Waals surface area contributed by atoms with Crippen LogP contribution in [0.5, 0.6) is 0 Å². The summed E-state index contributed by atoms with van der Waals surface area (Å²) in [7, 11) is 0. The van der Waals surface area contributed by atoms with E-state index in [1.807, 2.05) is 6.92 Å². The quantitative estimate of drug-likeness (QED) is 0.182. The number of unbranched alkanes of at least 4 members (excludes halogenated alkanes) is 1. The minimum atomic E-state index is -0.714. The Bertz CT molecular complexity index is 1500. The minimum absolute atomic E-state index is 0.0102. The number of thioether (sulfide) groups is 1. The number of carbonyl (C=O) groups is 4. The standard InChI is InChI=1S/C26H21ClN2O7S/c1-2-3-10-35-25(33)18-13-17(8-9-19(18)27)28-22(30)14-29-23(31)21(37-26(29)34)12-16-11-15-6-4-5-7-20(15)36-24(16)32/h4-9,11-13H,2-3,10,14H2,1H3,(H,28,30)/b21-12+. The zero-order chi connectivity index (χ0) is 26.5. The number of esters is 1. The third-order valence-corrected chi connectivity index (χ3v) is 6.57. The monoisotopic (exact) mass is 540 g/mol. The Morgan fingerprint density at radius 3 is 2.70 bits per heavy atom. The van der Waals surface area contributed by atoms with Crippen LogP contribution in [0.3, 0.4) is 0 Å². The maximum atomic E-state index is 12.8. The van der Waals surface area contributed by atoms with Crippen molar-refractivity contribution < 1.29 is 28.3 Å². The zero-order valence-corrected chi connectivity index (χ0v) is 21.2. The van der Waals surface area contributed by atoms with E-state index in [-0.39, 0.29) is 33.3 Å². The molecule has 1 saturated heterocycles. The molecule has 1 aromatic heterocycles. The maximum absolute atomic E-state index is 12.8. The predicted octanol–water partition coefficient (Wildman–Crippen LogP) is 5.08. The third-order valence-electron chi connectivity index (χ3n) is 5.33. The molecule has 9 nitrogen and oxygen atoms in total. The van der Waals surface area contributed by atoms with Gasteiger partial charge < -0.3 is 14.5 Å². The van der Waals surface area contributed by atoms with E-state index in [1.165, 1.54) is 24.3 Å². The molecule has 0 spiro atoms. The van der Waals surface area contributed by atoms with Crippen molar-refractivity contribution in [3.05, 3.63) is 80.0 Å². The number of fused-ring (bicyclic) bond motifs is 1. The van der Waals surface area contributed by atoms with Crippen molar-refractivity contribution in [1.29, 1.82) is 0 Å². The maximum Gasteiger partial charge on any atom is 0.343 e. The molecule has 11 heteroatoms. The number of nitrogens with zero attached hydrogens (tertiary/aromatic N) is 1. The molecule has 3 aromatic rings. The molecule has 2 heterocycles. The largest absolute Gasteiger partial charge is 0.462 e. The van der Waals surface area contributed by atoms with Crippen LogP contribution in [-0.2, 0) is 14.3 Å². The van der Waals surface area contributed by atoms with Gasteiger partial charge in [-0.2, -0.15) is 0 Å². The number of imide groups is 1. The van der Waals surface area contributed by atoms with Crippen LogP contribution in [0, 0.1) is 0 Å². The first-order chi connectivity index (χ1) is 17.8. The van der Waals surface area contributed by atoms with Gasteiger partial charge in [-0.05, 0) is 54.6 Å². The number of ether oxygens (including phenoxy) is 1. The SMILES string of the molecule is CCCCOC(=O)c1cc(NC(=O)CN2C(=O)S/C(=C/c3cc4ccccc4oc3=O)C2=O)ccc1Cl. The van der Waals surface area contributed by atoms with Gasteiger partial charge in [-0.1, -0.05) is 43.1 Å². The molecular weight excluding hydrogens is 520 g/mol. The van der Waals surface area contributed by atoms with E-state index in [9.17, 15) is 24.0 Å². The number of benzene rings is 2. The summed E-state index contributed by atoms with van der Waals surface area (Å²) in [6, 6.07) is 12.7. The molecule has 0 saturated carbocycles. The Hall–Kier alpha value is -3.89. The second kappa shape index (κ2) is 11.4. The van der Waals surface area contributed by atoms with Crippen LogP contribution in [-0.4, -0.2) is 41.1 Å². The number of para-hydroxylation sites is 1. The van der Waals surface area contributed by atoms with Crippen LogP contribution < -0.4 is 10.9 Å². The summed E-state index contributed by atoms with van der Waals surface area (Å²) in [5, 5.41) is 2.71. The van der Waals surface area contributed by atoms with Gasteiger partial charge in [0.05, 0.1) is 27.7 Å². The first kappa shape index (κ1) is 26.2. The molecule has 0 bridgehead atoms. The molecule has 1 aliphatic heterocycles. The third kappa shape index (κ3) is 6.10. The van der Waals surface area contributed by atoms with Gasteiger partial charge in [-0.3, -0.25) is 19.3 Å². The fraction of sp³-hybridized carbons (Fsp3) is 0.192. The Balaban J connectivity index is 1.45. The van der Waals surface area contributed by atoms with Crippen molar-refractivity contribution >= 4 is 69.1 Å². The summed E-state index contributed by atoms with van der Waals surface area (Å²) in [5.74, 6) is -2.00. The van der Waals surface area contributed by atoms with Crippen LogP contribution in [0.2, 0.25) is 5.02 Å². The first-order valence-corrected chi connectivity index (χ1v) is 12.5. The van der Waals surface area contributed by atoms with E-state index < -0.39 is 35.2 Å². The molecular formula is C26H21ClN2O7S. The number of nitrogens with one attached hydrogen (secondary N) is 1. The van der Waals surface area contributed by atoms with E-state index >= 15 is 0 Å². The number of amides is 3. The van der Waals surface area contributed by atoms with Crippen molar-refractivity contribution in [2.75, 3.05) is 18.5 Å². The Kier molecular flexibility index (Phi) is 8.10. The van der Waals surface area contributed by atoms with Crippen LogP contribution in [0.15, 0.2) is 62.6 Å². The van der Waals surface area contributed by atoms with Crippen molar-refractivity contribution in [1.82, 2.24) is 4.90 Å². The van der Waals surface area contributed by atoms with Crippen LogP contribution in [0.4, 0.5) is 10.5 Å². The Labute approximate surface area is 220 Å². The van der Waals surface area contributed by atoms with Crippen molar-refractivity contribution in [2.45, 2.75) is 19.8 Å². The summed E-state index contributed by atoms with van der Waals surface area (Å²) in [5.41, 5.74) is 0.171. The predicted molar refractivity (Wildman–Crippen MR) is 140 cm³/mol. The van der Waals surface area contributed by atoms with E-state index in [0.717, 1.165) is 11.3 Å². The molecule has 2 aromatic carbocycles. The highest BCUT2D eigenvalue weighted by atomic mass is 35.5. The van der Waals surface area contributed by atoms with Gasteiger partial charge in [-0.15, -0.1) is 0 Å². The van der Waals surface area contributed by atoms with Gasteiger partial charge in [0.1, 0.15) is 12.1 Å². The summed E-state index contributed by atoms with van der Waals surface area (Å²) in [6.07, 6.45) is 2.84. The second-order valence-electron chi connectivity index (χ2n) is 8.03. The van der Waals surface area contributed by atoms with E-state index in [2.05, 4.69) is 5.32 Å². The van der Waals surface area contributed by atoms with Gasteiger partial charge in [0.2, 0.25) is 5.91 Å². The molecule has 3 amide bonds. The van der Waals surface area contributed by atoms with Gasteiger partial charge in [0.15, 0.2) is 0 Å². The van der Waals surface area contributed by atoms with E-state index in [4.69, 9.17) is 20.8 Å². The molecule has 0 radical (unpaired) electrons. The summed E-state index contributed by atoms with van der Waals surface area (Å²) in [4.78, 5) is 63.2. The van der Waals surface area contributed by atoms with Gasteiger partial charge in [0, 0.05) is 11.1 Å². The fourth-order valence-electron chi connectivity index (χ4n) is 3.45. The second-order valence-corrected chi connectivity index (χ2v) is 9.43. The Morgan fingerprint density at radius 2 is 1.92 bits per heavy atom. The number of hydrogen-bond acceptors (Lipinski definition) is 8. The Morgan fingerprint density at radius 1 is 1.14 bits per heavy atom. The topological polar surface area (TPSA) is 123 Å². The number of carbonyl (C=O) groups excluding carboxylic acids is 4. The number of halogens is 1. The van der Waals surface area contributed by atoms with Gasteiger partial charge in [-0.25, -0.2) is 9.59 Å². The minimum Gasteiger partial charge on any atom is -0.462 e. The number of anilines is 1. The van der Waals surface area contributed by atoms with Crippen molar-refractivity contribution in [3.8, 4) is 0 Å². The molecule has 1 N–H and O–H groups in total. The van der Waals surface area contributed by atoms with Gasteiger partial charge in [0.25, 0.3) is 11.1 Å². The number of rotatable bonds is 8. The zero-order valence-electron chi connectivity index (χ0n) is 19.6. The van der Waals surface area contributed by atoms with Crippen molar-refractivity contribution in [2.24, 2.45) is 0 Å². The summed E-state index contributed by atoms with van der Waals surface area (Å²) in [6.45, 7) is 1.65. The highest BCUT2D eigenvalue weighted by Gasteiger charge is 2.36. The van der Waals surface area contributed by atoms with Crippen LogP contribution in [0.25, 0.3) is 17.0 Å². The normalized spacial score (nSPS) is 14.4. The molecule has 4 rings (SSSR count). The van der Waals surface area contributed by atoms with Crippen LogP contribution >= 0.6 is 23.4 Å². The molecule has 0 unspecified atom stereocenters. The smallest absolute Gasteiger partial charge is 0.343 e. The van der Waals surface area contributed by atoms with E-state index in [0.29, 0.717) is 29.2 Å². The molecule has 1 aliphatic rings. The van der Waals surface area contributed by atoms with Gasteiger partial charge >= 0.3 is 11.6 Å². The highest BCUT2D eigenvalue weighted by molar-refractivity contribution is 8.18. The molecule has 1 fully saturated rings. The lowest BCUT2D eigenvalue weighted by Crippen LogP contribution is -2.36. The lowest BCUT2D eigenvalue weighted by atomic mass is 10.2. The highest BCUT2D eigenvalue weighted by Crippen LogP contribution is 2.32. The average molecular weight is 541 g/mol. The average Bonchev–Trinajstić information content (AvgIpc) is 3.13. The first-order valence-electron chi connectivity index (χ1n) is 11.3. The summed E-state index contributed by atoms with van der Waals surface area (Å²) < 4.78 is 10.4. The molecule has 190 valence electrons. The lowest BCUT2D eigenvalue weighted by Gasteiger charge is -2.13. The fourth-order valence-corrected chi connectivity index (χ4v) is 4.47. The molecule has 0 atom stereocenters.